The molecule has 1 unspecified atom stereocenters. The van der Waals surface area contributed by atoms with Crippen molar-refractivity contribution in [3.8, 4) is 0 Å². The third kappa shape index (κ3) is 11.8. The molecule has 1 saturated heterocycles. The number of benzene rings is 1. The number of rotatable bonds is 23. The lowest BCUT2D eigenvalue weighted by Crippen LogP contribution is -2.63. The summed E-state index contributed by atoms with van der Waals surface area (Å²) < 4.78 is 24.0. The van der Waals surface area contributed by atoms with Crippen molar-refractivity contribution in [1.29, 1.82) is 0 Å². The van der Waals surface area contributed by atoms with E-state index in [1.807, 2.05) is 19.9 Å². The fourth-order valence-corrected chi connectivity index (χ4v) is 12.5. The molecule has 20 heteroatoms. The van der Waals surface area contributed by atoms with E-state index in [9.17, 15) is 48.3 Å². The fraction of sp³-hybridized carbons (Fsp3) is 0.611. The van der Waals surface area contributed by atoms with Gasteiger partial charge in [0.1, 0.15) is 18.7 Å². The zero-order chi connectivity index (χ0) is 53.5. The summed E-state index contributed by atoms with van der Waals surface area (Å²) in [4.78, 5) is 116. The molecule has 4 fully saturated rings. The van der Waals surface area contributed by atoms with Crippen LogP contribution in [0.2, 0.25) is 0 Å². The van der Waals surface area contributed by atoms with Crippen LogP contribution in [0.5, 0.6) is 0 Å². The van der Waals surface area contributed by atoms with Gasteiger partial charge in [0, 0.05) is 54.1 Å². The Morgan fingerprint density at radius 2 is 1.66 bits per heavy atom. The van der Waals surface area contributed by atoms with Crippen LogP contribution in [0.4, 0.5) is 15.3 Å². The lowest BCUT2D eigenvalue weighted by atomic mass is 9.46. The molecule has 7 amide bonds. The number of nitrogens with zero attached hydrogens (tertiary/aromatic N) is 1. The van der Waals surface area contributed by atoms with Crippen LogP contribution in [0.25, 0.3) is 0 Å². The molecule has 7 rings (SSSR count). The second-order valence-corrected chi connectivity index (χ2v) is 21.3. The first kappa shape index (κ1) is 55.5. The lowest BCUT2D eigenvalue weighted by molar-refractivity contribution is -0.200. The summed E-state index contributed by atoms with van der Waals surface area (Å²) in [5.74, 6) is -3.33. The van der Waals surface area contributed by atoms with Gasteiger partial charge in [-0.15, -0.1) is 0 Å². The van der Waals surface area contributed by atoms with E-state index in [0.29, 0.717) is 49.8 Å². The Morgan fingerprint density at radius 1 is 0.932 bits per heavy atom. The predicted octanol–water partition coefficient (Wildman–Crippen LogP) is 4.58. The molecule has 6 aliphatic rings. The number of primary amides is 1. The molecule has 4 aliphatic carbocycles. The van der Waals surface area contributed by atoms with Crippen LogP contribution in [0.1, 0.15) is 117 Å². The maximum absolute atomic E-state index is 14.6. The summed E-state index contributed by atoms with van der Waals surface area (Å²) in [6.07, 6.45) is 10.1. The quantitative estimate of drug-likeness (QED) is 0.0498. The fourth-order valence-electron chi connectivity index (χ4n) is 12.5. The number of anilines is 1. The molecule has 0 spiro atoms. The van der Waals surface area contributed by atoms with E-state index in [-0.39, 0.29) is 92.6 Å². The highest BCUT2D eigenvalue weighted by Crippen LogP contribution is 2.69. The van der Waals surface area contributed by atoms with Crippen molar-refractivity contribution >= 4 is 59.0 Å². The van der Waals surface area contributed by atoms with Crippen molar-refractivity contribution in [3.63, 3.8) is 0 Å². The predicted molar refractivity (Wildman–Crippen MR) is 267 cm³/mol. The highest BCUT2D eigenvalue weighted by atomic mass is 16.8. The van der Waals surface area contributed by atoms with Crippen LogP contribution in [0.15, 0.2) is 60.2 Å². The molecular formula is C54H72N6O14. The Hall–Kier alpha value is -6.25. The van der Waals surface area contributed by atoms with Gasteiger partial charge in [-0.25, -0.2) is 9.59 Å². The molecule has 1 aromatic carbocycles. The first-order valence-corrected chi connectivity index (χ1v) is 26.1. The Labute approximate surface area is 431 Å². The number of allylic oxidation sites excluding steroid dienone is 4. The van der Waals surface area contributed by atoms with Gasteiger partial charge < -0.3 is 51.1 Å². The molecular weight excluding hydrogens is 957 g/mol. The number of carbonyl (C=O) groups excluding carboxylic acids is 9. The number of hydrogen-bond donors (Lipinski definition) is 6. The summed E-state index contributed by atoms with van der Waals surface area (Å²) in [6.45, 7) is 9.09. The number of unbranched alkanes of at least 4 members (excludes halogenated alkanes) is 2. The normalized spacial score (nSPS) is 29.3. The Bertz CT molecular complexity index is 2420. The van der Waals surface area contributed by atoms with E-state index >= 15 is 0 Å². The zero-order valence-electron chi connectivity index (χ0n) is 43.0. The maximum Gasteiger partial charge on any atom is 0.509 e. The van der Waals surface area contributed by atoms with Crippen LogP contribution >= 0.6 is 0 Å². The number of ketones is 2. The first-order chi connectivity index (χ1) is 35.2. The van der Waals surface area contributed by atoms with E-state index in [1.54, 1.807) is 50.3 Å². The highest BCUT2D eigenvalue weighted by molar-refractivity contribution is 6.12. The topological polar surface area (TPSA) is 288 Å². The number of amides is 7. The summed E-state index contributed by atoms with van der Waals surface area (Å²) in [7, 11) is 0. The van der Waals surface area contributed by atoms with Crippen molar-refractivity contribution in [1.82, 2.24) is 20.9 Å². The largest absolute Gasteiger partial charge is 0.509 e. The minimum atomic E-state index is -1.48. The summed E-state index contributed by atoms with van der Waals surface area (Å²) in [6, 6.07) is 3.56. The van der Waals surface area contributed by atoms with E-state index < -0.39 is 83.4 Å². The first-order valence-electron chi connectivity index (χ1n) is 26.1. The third-order valence-corrected chi connectivity index (χ3v) is 16.2. The van der Waals surface area contributed by atoms with Gasteiger partial charge in [0.05, 0.1) is 12.2 Å². The molecule has 1 aromatic rings. The second kappa shape index (κ2) is 23.5. The molecule has 20 nitrogen and oxygen atoms in total. The molecule has 7 N–H and O–H groups in total. The van der Waals surface area contributed by atoms with Crippen molar-refractivity contribution < 1.29 is 67.2 Å². The van der Waals surface area contributed by atoms with Crippen molar-refractivity contribution in [2.75, 3.05) is 25.0 Å². The van der Waals surface area contributed by atoms with Gasteiger partial charge in [0.2, 0.25) is 23.5 Å². The minimum Gasteiger partial charge on any atom is -0.429 e. The third-order valence-electron chi connectivity index (χ3n) is 16.2. The highest BCUT2D eigenvalue weighted by Gasteiger charge is 2.76. The molecule has 2 heterocycles. The molecule has 74 heavy (non-hydrogen) atoms. The average molecular weight is 1030 g/mol. The minimum absolute atomic E-state index is 0.0207. The summed E-state index contributed by atoms with van der Waals surface area (Å²) in [5, 5.41) is 22.8. The van der Waals surface area contributed by atoms with Gasteiger partial charge in [-0.2, -0.15) is 0 Å². The van der Waals surface area contributed by atoms with Crippen LogP contribution in [0.3, 0.4) is 0 Å². The summed E-state index contributed by atoms with van der Waals surface area (Å²) >= 11 is 0. The van der Waals surface area contributed by atoms with E-state index in [2.05, 4.69) is 28.2 Å². The monoisotopic (exact) mass is 1030 g/mol. The van der Waals surface area contributed by atoms with Crippen LogP contribution in [-0.4, -0.2) is 119 Å². The number of nitrogens with two attached hydrogens (primary N) is 1. The smallest absolute Gasteiger partial charge is 0.429 e. The molecule has 2 aliphatic heterocycles. The molecule has 0 radical (unpaired) electrons. The van der Waals surface area contributed by atoms with Gasteiger partial charge in [-0.3, -0.25) is 38.5 Å². The van der Waals surface area contributed by atoms with Crippen LogP contribution in [-0.2, 0) is 59.1 Å². The number of Topliss-reactive ketones (excluding diaryl/α,β-unsaturated/α-hetero) is 1. The number of imide groups is 1. The molecule has 3 saturated carbocycles. The Kier molecular flexibility index (Phi) is 17.6. The Morgan fingerprint density at radius 3 is 2.35 bits per heavy atom. The average Bonchev–Trinajstić information content (AvgIpc) is 3.97. The number of urea groups is 1. The molecule has 402 valence electrons. The Balaban J connectivity index is 0.914. The van der Waals surface area contributed by atoms with Gasteiger partial charge >= 0.3 is 12.2 Å². The van der Waals surface area contributed by atoms with Crippen LogP contribution in [0, 0.1) is 34.5 Å². The zero-order valence-corrected chi connectivity index (χ0v) is 43.0. The SMILES string of the molecule is CCCC1O[C@@H]2C[C@H]3[C@@H]4CCC5=CC(=O)C=C[C@]5(C)[C@H]4[C@@H](O)C[C@]3(C)[C@]2(C(=O)COC(=O)OCc2ccc(NC(=O)[C@H](CCCNC(N)=O)NC(=O)[C@@H](NC(=O)CCCCCN3C(=O)C=CC3=O)C(C)C)cc2)O1. The van der Waals surface area contributed by atoms with Gasteiger partial charge in [0.25, 0.3) is 11.8 Å². The number of nitrogens with one attached hydrogen (secondary N) is 4. The number of ether oxygens (including phenoxy) is 4. The standard InChI is InChI=1S/C54H72N6O14/c1-6-11-45-73-41-27-37-36-19-16-33-26-35(61)22-23-52(33,4)46(36)39(62)28-53(37,5)54(41,74-45)40(63)30-72-51(70)71-29-32-14-17-34(18-15-32)57-48(67)38(12-10-24-56-50(55)69)58-49(68)47(31(2)3)59-42(64)13-8-7-9-25-60-43(65)20-21-44(60)66/h14-15,17-18,20-23,26,31,36-39,41,45-47,62H,6-13,16,19,24-25,27-30H2,1-5H3,(H,57,67)(H,58,68)(H,59,64)(H3,55,56,69)/t36-,37-,38-,39-,41+,45?,46+,47-,52-,53-,54+/m0/s1. The number of fused-ring (bicyclic) bond motifs is 7. The van der Waals surface area contributed by atoms with Crippen molar-refractivity contribution in [2.24, 2.45) is 40.2 Å². The molecule has 0 aromatic heterocycles. The van der Waals surface area contributed by atoms with Crippen LogP contribution < -0.4 is 27.0 Å². The number of hydrogen-bond acceptors (Lipinski definition) is 14. The van der Waals surface area contributed by atoms with E-state index in [4.69, 9.17) is 24.7 Å². The van der Waals surface area contributed by atoms with Gasteiger partial charge in [0.15, 0.2) is 24.3 Å². The van der Waals surface area contributed by atoms with Gasteiger partial charge in [-0.05, 0) is 105 Å². The second-order valence-electron chi connectivity index (χ2n) is 21.3. The molecule has 11 atom stereocenters. The number of aliphatic hydroxyl groups is 1. The lowest BCUT2D eigenvalue weighted by Gasteiger charge is -2.59. The number of aliphatic hydroxyl groups excluding tert-OH is 1. The molecule has 0 bridgehead atoms. The van der Waals surface area contributed by atoms with Crippen molar-refractivity contribution in [3.05, 3.63) is 65.8 Å². The van der Waals surface area contributed by atoms with E-state index in [1.165, 1.54) is 12.2 Å². The van der Waals surface area contributed by atoms with E-state index in [0.717, 1.165) is 23.3 Å². The maximum atomic E-state index is 14.6. The van der Waals surface area contributed by atoms with Gasteiger partial charge in [-0.1, -0.05) is 71.2 Å². The van der Waals surface area contributed by atoms with Crippen molar-refractivity contribution in [2.45, 2.75) is 154 Å². The number of carbonyl (C=O) groups is 9. The summed E-state index contributed by atoms with van der Waals surface area (Å²) in [5.41, 5.74) is 4.29.